The van der Waals surface area contributed by atoms with Crippen molar-refractivity contribution in [2.45, 2.75) is 31.7 Å². The van der Waals surface area contributed by atoms with Gasteiger partial charge in [-0.2, -0.15) is 0 Å². The summed E-state index contributed by atoms with van der Waals surface area (Å²) in [5.41, 5.74) is 3.61. The fourth-order valence-corrected chi connectivity index (χ4v) is 3.40. The molecule has 1 aromatic heterocycles. The number of rotatable bonds is 9. The average Bonchev–Trinajstić information content (AvgIpc) is 3.16. The third-order valence-electron chi connectivity index (χ3n) is 4.96. The number of amides is 1. The first kappa shape index (κ1) is 20.6. The molecular formula is C23H26N2O4. The smallest absolute Gasteiger partial charge is 0.305 e. The van der Waals surface area contributed by atoms with Crippen molar-refractivity contribution in [3.8, 4) is 0 Å². The third-order valence-corrected chi connectivity index (χ3v) is 4.96. The second-order valence-electron chi connectivity index (χ2n) is 7.05. The lowest BCUT2D eigenvalue weighted by Gasteiger charge is -2.16. The summed E-state index contributed by atoms with van der Waals surface area (Å²) < 4.78 is 4.65. The van der Waals surface area contributed by atoms with Gasteiger partial charge in [-0.25, -0.2) is 0 Å². The molecule has 2 aromatic carbocycles. The predicted molar refractivity (Wildman–Crippen MR) is 112 cm³/mol. The number of carbonyl (C=O) groups is 2. The normalized spacial score (nSPS) is 11.9. The summed E-state index contributed by atoms with van der Waals surface area (Å²) in [4.78, 5) is 27.1. The van der Waals surface area contributed by atoms with Crippen LogP contribution in [0.2, 0.25) is 0 Å². The Hall–Kier alpha value is -3.12. The Bertz CT molecular complexity index is 980. The number of esters is 1. The van der Waals surface area contributed by atoms with Crippen LogP contribution in [0.4, 0.5) is 0 Å². The van der Waals surface area contributed by atoms with Crippen molar-refractivity contribution in [3.63, 3.8) is 0 Å². The molecule has 0 spiro atoms. The van der Waals surface area contributed by atoms with E-state index >= 15 is 0 Å². The molecule has 29 heavy (non-hydrogen) atoms. The molecule has 6 nitrogen and oxygen atoms in total. The summed E-state index contributed by atoms with van der Waals surface area (Å²) in [6.45, 7) is -0.149. The molecule has 6 heteroatoms. The van der Waals surface area contributed by atoms with Gasteiger partial charge in [0.1, 0.15) is 0 Å². The lowest BCUT2D eigenvalue weighted by atomic mass is 10.0. The first-order chi connectivity index (χ1) is 14.1. The van der Waals surface area contributed by atoms with E-state index in [0.717, 1.165) is 22.0 Å². The molecule has 3 N–H and O–H groups in total. The Labute approximate surface area is 169 Å². The fourth-order valence-electron chi connectivity index (χ4n) is 3.40. The number of benzene rings is 2. The number of methoxy groups -OCH3 is 1. The Kier molecular flexibility index (Phi) is 7.03. The molecule has 3 aromatic rings. The lowest BCUT2D eigenvalue weighted by molar-refractivity contribution is -0.140. The highest BCUT2D eigenvalue weighted by Crippen LogP contribution is 2.19. The number of ether oxygens (including phenoxy) is 1. The van der Waals surface area contributed by atoms with Crippen molar-refractivity contribution in [3.05, 3.63) is 71.4 Å². The minimum Gasteiger partial charge on any atom is -0.469 e. The zero-order chi connectivity index (χ0) is 20.6. The quantitative estimate of drug-likeness (QED) is 0.487. The second kappa shape index (κ2) is 9.89. The van der Waals surface area contributed by atoms with Crippen LogP contribution in [-0.4, -0.2) is 41.7 Å². The maximum atomic E-state index is 12.7. The molecule has 0 saturated carbocycles. The lowest BCUT2D eigenvalue weighted by Crippen LogP contribution is -2.39. The van der Waals surface area contributed by atoms with Crippen LogP contribution in [0.3, 0.4) is 0 Å². The number of aliphatic hydroxyl groups is 1. The zero-order valence-corrected chi connectivity index (χ0v) is 16.5. The number of carbonyl (C=O) groups excluding carboxylic acids is 2. The maximum Gasteiger partial charge on any atom is 0.305 e. The zero-order valence-electron chi connectivity index (χ0n) is 16.5. The number of aromatic nitrogens is 1. The van der Waals surface area contributed by atoms with Crippen LogP contribution in [-0.2, 0) is 22.4 Å². The van der Waals surface area contributed by atoms with E-state index in [1.165, 1.54) is 7.11 Å². The van der Waals surface area contributed by atoms with Gasteiger partial charge in [-0.1, -0.05) is 30.3 Å². The van der Waals surface area contributed by atoms with E-state index in [1.807, 2.05) is 48.7 Å². The molecule has 3 rings (SSSR count). The van der Waals surface area contributed by atoms with Gasteiger partial charge in [0.05, 0.1) is 19.8 Å². The molecule has 0 bridgehead atoms. The predicted octanol–water partition coefficient (Wildman–Crippen LogP) is 3.00. The molecule has 0 aliphatic heterocycles. The molecule has 0 aliphatic rings. The molecule has 0 unspecified atom stereocenters. The molecule has 1 amide bonds. The number of aliphatic hydroxyl groups excluding tert-OH is 1. The van der Waals surface area contributed by atoms with Gasteiger partial charge in [-0.3, -0.25) is 9.59 Å². The van der Waals surface area contributed by atoms with Gasteiger partial charge in [0, 0.05) is 29.1 Å². The van der Waals surface area contributed by atoms with Crippen LogP contribution >= 0.6 is 0 Å². The highest BCUT2D eigenvalue weighted by Gasteiger charge is 2.16. The minimum absolute atomic E-state index is 0.149. The molecule has 0 aliphatic carbocycles. The van der Waals surface area contributed by atoms with Gasteiger partial charge in [-0.05, 0) is 48.6 Å². The molecular weight excluding hydrogens is 368 g/mol. The van der Waals surface area contributed by atoms with Gasteiger partial charge in [0.2, 0.25) is 0 Å². The van der Waals surface area contributed by atoms with Gasteiger partial charge >= 0.3 is 5.97 Å². The summed E-state index contributed by atoms with van der Waals surface area (Å²) in [6.07, 6.45) is 4.16. The van der Waals surface area contributed by atoms with Crippen LogP contribution in [0.5, 0.6) is 0 Å². The summed E-state index contributed by atoms with van der Waals surface area (Å²) in [5, 5.41) is 13.8. The van der Waals surface area contributed by atoms with Crippen molar-refractivity contribution in [2.75, 3.05) is 13.7 Å². The molecule has 0 saturated heterocycles. The van der Waals surface area contributed by atoms with E-state index in [1.54, 1.807) is 6.07 Å². The number of nitrogens with one attached hydrogen (secondary N) is 2. The van der Waals surface area contributed by atoms with Crippen LogP contribution < -0.4 is 5.32 Å². The van der Waals surface area contributed by atoms with Crippen molar-refractivity contribution in [2.24, 2.45) is 0 Å². The van der Waals surface area contributed by atoms with Crippen LogP contribution in [0.1, 0.15) is 34.3 Å². The van der Waals surface area contributed by atoms with E-state index in [-0.39, 0.29) is 24.5 Å². The number of aryl methyl sites for hydroxylation is 1. The largest absolute Gasteiger partial charge is 0.469 e. The monoisotopic (exact) mass is 394 g/mol. The average molecular weight is 394 g/mol. The van der Waals surface area contributed by atoms with E-state index < -0.39 is 0 Å². The van der Waals surface area contributed by atoms with Gasteiger partial charge in [0.25, 0.3) is 5.91 Å². The number of fused-ring (bicyclic) bond motifs is 1. The Balaban J connectivity index is 1.62. The second-order valence-corrected chi connectivity index (χ2v) is 7.05. The van der Waals surface area contributed by atoms with Crippen LogP contribution in [0.25, 0.3) is 10.9 Å². The van der Waals surface area contributed by atoms with Crippen molar-refractivity contribution in [1.29, 1.82) is 0 Å². The standard InChI is InChI=1S/C23H26N2O4/c1-29-22(27)11-5-7-16-6-4-8-17(12-16)23(28)25-19(15-26)13-18-14-24-21-10-3-2-9-20(18)21/h2-4,6,8-10,12,14,19,24,26H,5,7,11,13,15H2,1H3,(H,25,28)/t19-/m1/s1. The maximum absolute atomic E-state index is 12.7. The van der Waals surface area contributed by atoms with Crippen molar-refractivity contribution >= 4 is 22.8 Å². The topological polar surface area (TPSA) is 91.4 Å². The van der Waals surface area contributed by atoms with E-state index in [0.29, 0.717) is 31.2 Å². The van der Waals surface area contributed by atoms with E-state index in [4.69, 9.17) is 0 Å². The Morgan fingerprint density at radius 2 is 2.00 bits per heavy atom. The Morgan fingerprint density at radius 3 is 2.79 bits per heavy atom. The first-order valence-electron chi connectivity index (χ1n) is 9.73. The van der Waals surface area contributed by atoms with Crippen LogP contribution in [0.15, 0.2) is 54.7 Å². The van der Waals surface area contributed by atoms with Gasteiger partial charge < -0.3 is 20.1 Å². The SMILES string of the molecule is COC(=O)CCCc1cccc(C(=O)N[C@@H](CO)Cc2c[nH]c3ccccc23)c1. The van der Waals surface area contributed by atoms with Crippen molar-refractivity contribution in [1.82, 2.24) is 10.3 Å². The summed E-state index contributed by atoms with van der Waals surface area (Å²) in [6, 6.07) is 14.9. The number of hydrogen-bond donors (Lipinski definition) is 3. The first-order valence-corrected chi connectivity index (χ1v) is 9.73. The molecule has 1 heterocycles. The fraction of sp³-hybridized carbons (Fsp3) is 0.304. The van der Waals surface area contributed by atoms with Gasteiger partial charge in [-0.15, -0.1) is 0 Å². The highest BCUT2D eigenvalue weighted by molar-refractivity contribution is 5.94. The minimum atomic E-state index is -0.385. The van der Waals surface area contributed by atoms with E-state index in [2.05, 4.69) is 15.0 Å². The Morgan fingerprint density at radius 1 is 1.17 bits per heavy atom. The summed E-state index contributed by atoms with van der Waals surface area (Å²) in [7, 11) is 1.38. The summed E-state index contributed by atoms with van der Waals surface area (Å²) >= 11 is 0. The molecule has 0 radical (unpaired) electrons. The van der Waals surface area contributed by atoms with Crippen molar-refractivity contribution < 1.29 is 19.4 Å². The number of H-pyrrole nitrogens is 1. The molecule has 0 fully saturated rings. The molecule has 152 valence electrons. The van der Waals surface area contributed by atoms with E-state index in [9.17, 15) is 14.7 Å². The van der Waals surface area contributed by atoms with Gasteiger partial charge in [0.15, 0.2) is 0 Å². The number of hydrogen-bond acceptors (Lipinski definition) is 4. The van der Waals surface area contributed by atoms with Crippen LogP contribution in [0, 0.1) is 0 Å². The molecule has 1 atom stereocenters. The number of aromatic amines is 1. The summed E-state index contributed by atoms with van der Waals surface area (Å²) in [5.74, 6) is -0.458. The highest BCUT2D eigenvalue weighted by atomic mass is 16.5. The number of para-hydroxylation sites is 1. The third kappa shape index (κ3) is 5.45.